The highest BCUT2D eigenvalue weighted by atomic mass is 19.1. The Morgan fingerprint density at radius 3 is 2.95 bits per heavy atom. The fraction of sp³-hybridized carbons (Fsp3) is 0.562. The molecule has 2 unspecified atom stereocenters. The second-order valence-electron chi connectivity index (χ2n) is 5.59. The fourth-order valence-electron chi connectivity index (χ4n) is 3.24. The minimum atomic E-state index is -0.433. The van der Waals surface area contributed by atoms with Crippen molar-refractivity contribution in [1.82, 2.24) is 10.2 Å². The molecule has 1 aliphatic rings. The van der Waals surface area contributed by atoms with Gasteiger partial charge in [0, 0.05) is 6.04 Å². The second kappa shape index (κ2) is 6.83. The minimum absolute atomic E-state index is 0.142. The molecule has 0 saturated carbocycles. The van der Waals surface area contributed by atoms with Crippen LogP contribution in [-0.4, -0.2) is 32.1 Å². The summed E-state index contributed by atoms with van der Waals surface area (Å²) < 4.78 is 13.5. The normalized spacial score (nSPS) is 24.1. The molecular formula is C16H22FN3. The highest BCUT2D eigenvalue weighted by molar-refractivity contribution is 5.36. The van der Waals surface area contributed by atoms with Gasteiger partial charge in [0.15, 0.2) is 0 Å². The molecular weight excluding hydrogens is 253 g/mol. The van der Waals surface area contributed by atoms with Crippen LogP contribution in [0.2, 0.25) is 0 Å². The van der Waals surface area contributed by atoms with Gasteiger partial charge < -0.3 is 5.32 Å². The number of benzene rings is 1. The van der Waals surface area contributed by atoms with Crippen molar-refractivity contribution in [3.05, 3.63) is 35.1 Å². The Hall–Kier alpha value is -1.44. The van der Waals surface area contributed by atoms with Crippen molar-refractivity contribution in [2.24, 2.45) is 5.92 Å². The Bertz CT molecular complexity index is 495. The molecule has 0 aromatic heterocycles. The van der Waals surface area contributed by atoms with E-state index in [1.807, 2.05) is 19.2 Å². The first-order valence-electron chi connectivity index (χ1n) is 7.21. The van der Waals surface area contributed by atoms with Crippen molar-refractivity contribution in [2.75, 3.05) is 27.2 Å². The van der Waals surface area contributed by atoms with Crippen molar-refractivity contribution in [3.63, 3.8) is 0 Å². The Balaban J connectivity index is 2.36. The van der Waals surface area contributed by atoms with Gasteiger partial charge in [0.2, 0.25) is 0 Å². The summed E-state index contributed by atoms with van der Waals surface area (Å²) in [6.45, 7) is 1.98. The van der Waals surface area contributed by atoms with E-state index in [2.05, 4.69) is 17.3 Å². The molecule has 0 amide bonds. The molecule has 20 heavy (non-hydrogen) atoms. The summed E-state index contributed by atoms with van der Waals surface area (Å²) in [6.07, 6.45) is 3.58. The number of nitriles is 1. The smallest absolute Gasteiger partial charge is 0.140 e. The first kappa shape index (κ1) is 15.0. The summed E-state index contributed by atoms with van der Waals surface area (Å²) in [5.74, 6) is 0.0576. The number of nitrogens with zero attached hydrogens (tertiary/aromatic N) is 2. The fourth-order valence-corrected chi connectivity index (χ4v) is 3.24. The van der Waals surface area contributed by atoms with E-state index in [1.54, 1.807) is 6.07 Å². The molecule has 1 aromatic carbocycles. The van der Waals surface area contributed by atoms with E-state index >= 15 is 0 Å². The number of nitrogens with one attached hydrogen (secondary N) is 1. The third-order valence-electron chi connectivity index (χ3n) is 4.18. The number of hydrogen-bond acceptors (Lipinski definition) is 3. The van der Waals surface area contributed by atoms with E-state index in [-0.39, 0.29) is 11.6 Å². The second-order valence-corrected chi connectivity index (χ2v) is 5.59. The van der Waals surface area contributed by atoms with E-state index in [9.17, 15) is 4.39 Å². The van der Waals surface area contributed by atoms with Gasteiger partial charge in [0.1, 0.15) is 11.9 Å². The van der Waals surface area contributed by atoms with Crippen LogP contribution in [0.15, 0.2) is 18.2 Å². The van der Waals surface area contributed by atoms with Crippen LogP contribution in [0.1, 0.15) is 36.4 Å². The summed E-state index contributed by atoms with van der Waals surface area (Å²) in [5, 5.41) is 12.3. The van der Waals surface area contributed by atoms with Gasteiger partial charge in [-0.1, -0.05) is 12.5 Å². The topological polar surface area (TPSA) is 39.1 Å². The van der Waals surface area contributed by atoms with Gasteiger partial charge in [0.25, 0.3) is 0 Å². The molecule has 1 aliphatic heterocycles. The number of halogens is 1. The van der Waals surface area contributed by atoms with Crippen LogP contribution in [0, 0.1) is 23.1 Å². The monoisotopic (exact) mass is 275 g/mol. The zero-order valence-electron chi connectivity index (χ0n) is 12.2. The molecule has 1 aromatic rings. The lowest BCUT2D eigenvalue weighted by Crippen LogP contribution is -2.34. The van der Waals surface area contributed by atoms with Crippen molar-refractivity contribution in [1.29, 1.82) is 5.26 Å². The summed E-state index contributed by atoms with van der Waals surface area (Å²) in [7, 11) is 4.08. The van der Waals surface area contributed by atoms with E-state index in [1.165, 1.54) is 18.9 Å². The maximum absolute atomic E-state index is 13.5. The van der Waals surface area contributed by atoms with E-state index in [4.69, 9.17) is 5.26 Å². The largest absolute Gasteiger partial charge is 0.319 e. The lowest BCUT2D eigenvalue weighted by atomic mass is 9.88. The number of likely N-dealkylation sites (tertiary alicyclic amines) is 1. The van der Waals surface area contributed by atoms with Gasteiger partial charge in [-0.15, -0.1) is 0 Å². The summed E-state index contributed by atoms with van der Waals surface area (Å²) in [6, 6.07) is 7.15. The molecule has 0 spiro atoms. The molecule has 2 atom stereocenters. The summed E-state index contributed by atoms with van der Waals surface area (Å²) in [4.78, 5) is 2.34. The Morgan fingerprint density at radius 2 is 2.25 bits per heavy atom. The lowest BCUT2D eigenvalue weighted by Gasteiger charge is -2.33. The maximum Gasteiger partial charge on any atom is 0.140 e. The van der Waals surface area contributed by atoms with E-state index in [0.29, 0.717) is 5.92 Å². The summed E-state index contributed by atoms with van der Waals surface area (Å²) in [5.41, 5.74) is 1.19. The zero-order chi connectivity index (χ0) is 14.5. The van der Waals surface area contributed by atoms with Crippen molar-refractivity contribution in [2.45, 2.75) is 25.3 Å². The van der Waals surface area contributed by atoms with Crippen LogP contribution in [0.3, 0.4) is 0 Å². The molecule has 0 radical (unpaired) electrons. The van der Waals surface area contributed by atoms with E-state index < -0.39 is 5.82 Å². The Morgan fingerprint density at radius 1 is 1.45 bits per heavy atom. The van der Waals surface area contributed by atoms with Gasteiger partial charge in [0.05, 0.1) is 5.56 Å². The molecule has 1 N–H and O–H groups in total. The SMILES string of the molecule is CNCC1CCCCN(C)C1c1ccc(F)c(C#N)c1. The first-order valence-corrected chi connectivity index (χ1v) is 7.21. The van der Waals surface area contributed by atoms with Crippen LogP contribution in [-0.2, 0) is 0 Å². The van der Waals surface area contributed by atoms with E-state index in [0.717, 1.165) is 25.1 Å². The Kier molecular flexibility index (Phi) is 5.11. The van der Waals surface area contributed by atoms with Gasteiger partial charge in [-0.05, 0) is 63.6 Å². The maximum atomic E-state index is 13.5. The standard InChI is InChI=1S/C16H22FN3/c1-19-11-13-5-3-4-8-20(2)16(13)12-6-7-15(17)14(9-12)10-18/h6-7,9,13,16,19H,3-5,8,11H2,1-2H3. The summed E-state index contributed by atoms with van der Waals surface area (Å²) >= 11 is 0. The van der Waals surface area contributed by atoms with Gasteiger partial charge in [-0.3, -0.25) is 4.90 Å². The van der Waals surface area contributed by atoms with Crippen LogP contribution >= 0.6 is 0 Å². The molecule has 4 heteroatoms. The van der Waals surface area contributed by atoms with Crippen molar-refractivity contribution < 1.29 is 4.39 Å². The van der Waals surface area contributed by atoms with Crippen LogP contribution in [0.25, 0.3) is 0 Å². The molecule has 108 valence electrons. The predicted octanol–water partition coefficient (Wildman–Crippen LogP) is 2.69. The molecule has 1 heterocycles. The third kappa shape index (κ3) is 3.17. The van der Waals surface area contributed by atoms with Crippen LogP contribution < -0.4 is 5.32 Å². The molecule has 3 nitrogen and oxygen atoms in total. The lowest BCUT2D eigenvalue weighted by molar-refractivity contribution is 0.191. The molecule has 0 aliphatic carbocycles. The first-order chi connectivity index (χ1) is 9.67. The quantitative estimate of drug-likeness (QED) is 0.922. The van der Waals surface area contributed by atoms with Crippen molar-refractivity contribution >= 4 is 0 Å². The van der Waals surface area contributed by atoms with Gasteiger partial charge >= 0.3 is 0 Å². The number of hydrogen-bond donors (Lipinski definition) is 1. The predicted molar refractivity (Wildman–Crippen MR) is 77.8 cm³/mol. The van der Waals surface area contributed by atoms with Gasteiger partial charge in [-0.25, -0.2) is 4.39 Å². The number of rotatable bonds is 3. The molecule has 0 bridgehead atoms. The highest BCUT2D eigenvalue weighted by Gasteiger charge is 2.29. The molecule has 2 rings (SSSR count). The zero-order valence-corrected chi connectivity index (χ0v) is 12.2. The molecule has 1 saturated heterocycles. The van der Waals surface area contributed by atoms with Crippen molar-refractivity contribution in [3.8, 4) is 6.07 Å². The minimum Gasteiger partial charge on any atom is -0.319 e. The average Bonchev–Trinajstić information content (AvgIpc) is 2.62. The van der Waals surface area contributed by atoms with Crippen LogP contribution in [0.5, 0.6) is 0 Å². The average molecular weight is 275 g/mol. The third-order valence-corrected chi connectivity index (χ3v) is 4.18. The van der Waals surface area contributed by atoms with Crippen LogP contribution in [0.4, 0.5) is 4.39 Å². The Labute approximate surface area is 120 Å². The molecule has 1 fully saturated rings. The highest BCUT2D eigenvalue weighted by Crippen LogP contribution is 2.34. The van der Waals surface area contributed by atoms with Gasteiger partial charge in [-0.2, -0.15) is 5.26 Å².